The van der Waals surface area contributed by atoms with Crippen LogP contribution < -0.4 is 4.74 Å². The number of hydrogen-bond donors (Lipinski definition) is 1. The highest BCUT2D eigenvalue weighted by molar-refractivity contribution is 5.72. The van der Waals surface area contributed by atoms with E-state index in [9.17, 15) is 9.90 Å². The largest absolute Gasteiger partial charge is 0.494 e. The number of methoxy groups -OCH3 is 1. The molecular formula is C25H32O4. The zero-order valence-electron chi connectivity index (χ0n) is 17.5. The zero-order valence-corrected chi connectivity index (χ0v) is 17.5. The van der Waals surface area contributed by atoms with Crippen molar-refractivity contribution in [3.63, 3.8) is 0 Å². The summed E-state index contributed by atoms with van der Waals surface area (Å²) in [6.45, 7) is 2.95. The van der Waals surface area contributed by atoms with Crippen LogP contribution in [0.4, 0.5) is 0 Å². The van der Waals surface area contributed by atoms with Crippen LogP contribution in [0.2, 0.25) is 0 Å². The van der Waals surface area contributed by atoms with Crippen molar-refractivity contribution in [2.75, 3.05) is 13.7 Å². The molecule has 0 amide bonds. The van der Waals surface area contributed by atoms with Crippen molar-refractivity contribution in [3.05, 3.63) is 54.1 Å². The molecule has 4 heteroatoms. The minimum atomic E-state index is -0.862. The van der Waals surface area contributed by atoms with E-state index in [1.165, 1.54) is 20.0 Å². The number of aliphatic hydroxyl groups is 1. The van der Waals surface area contributed by atoms with Crippen LogP contribution >= 0.6 is 0 Å². The molecule has 3 rings (SSSR count). The molecule has 4 nitrogen and oxygen atoms in total. The summed E-state index contributed by atoms with van der Waals surface area (Å²) in [7, 11) is 1.42. The Labute approximate surface area is 173 Å². The quantitative estimate of drug-likeness (QED) is 0.475. The molecule has 0 aromatic heterocycles. The monoisotopic (exact) mass is 396 g/mol. The number of hydrogen-bond acceptors (Lipinski definition) is 4. The maximum absolute atomic E-state index is 11.7. The van der Waals surface area contributed by atoms with E-state index in [-0.39, 0.29) is 11.9 Å². The minimum absolute atomic E-state index is 0.0951. The molecule has 29 heavy (non-hydrogen) atoms. The summed E-state index contributed by atoms with van der Waals surface area (Å²) in [6, 6.07) is 16.3. The van der Waals surface area contributed by atoms with Crippen LogP contribution in [-0.4, -0.2) is 24.8 Å². The van der Waals surface area contributed by atoms with Gasteiger partial charge in [-0.25, -0.2) is 0 Å². The summed E-state index contributed by atoms with van der Waals surface area (Å²) >= 11 is 0. The van der Waals surface area contributed by atoms with Gasteiger partial charge >= 0.3 is 5.97 Å². The first-order valence-corrected chi connectivity index (χ1v) is 10.7. The molecule has 0 heterocycles. The van der Waals surface area contributed by atoms with Gasteiger partial charge in [0.1, 0.15) is 5.75 Å². The number of benzene rings is 2. The standard InChI is InChI=1S/C25H32O4/c1-3-4-5-18-29-23-12-8-20(9-13-23)19-6-10-22(11-7-19)25(27)16-14-21(15-17-25)24(26)28-2/h6-13,21,27H,3-5,14-18H2,1-2H3. The second-order valence-corrected chi connectivity index (χ2v) is 7.99. The van der Waals surface area contributed by atoms with Gasteiger partial charge in [0, 0.05) is 0 Å². The highest BCUT2D eigenvalue weighted by Gasteiger charge is 2.37. The molecule has 1 saturated carbocycles. The van der Waals surface area contributed by atoms with Gasteiger partial charge < -0.3 is 14.6 Å². The smallest absolute Gasteiger partial charge is 0.308 e. The van der Waals surface area contributed by atoms with Crippen molar-refractivity contribution < 1.29 is 19.4 Å². The Morgan fingerprint density at radius 2 is 1.59 bits per heavy atom. The third-order valence-electron chi connectivity index (χ3n) is 5.97. The number of carbonyl (C=O) groups excluding carboxylic acids is 1. The van der Waals surface area contributed by atoms with Crippen LogP contribution in [0.3, 0.4) is 0 Å². The first-order chi connectivity index (χ1) is 14.1. The van der Waals surface area contributed by atoms with E-state index >= 15 is 0 Å². The zero-order chi connectivity index (χ0) is 20.7. The van der Waals surface area contributed by atoms with Crippen molar-refractivity contribution in [3.8, 4) is 16.9 Å². The number of carbonyl (C=O) groups is 1. The molecule has 0 saturated heterocycles. The second-order valence-electron chi connectivity index (χ2n) is 7.99. The molecule has 1 aliphatic rings. The highest BCUT2D eigenvalue weighted by Crippen LogP contribution is 2.40. The summed E-state index contributed by atoms with van der Waals surface area (Å²) in [5.74, 6) is 0.639. The highest BCUT2D eigenvalue weighted by atomic mass is 16.5. The molecule has 0 atom stereocenters. The average molecular weight is 397 g/mol. The lowest BCUT2D eigenvalue weighted by atomic mass is 9.75. The van der Waals surface area contributed by atoms with Crippen molar-refractivity contribution in [1.29, 1.82) is 0 Å². The number of ether oxygens (including phenoxy) is 2. The first-order valence-electron chi connectivity index (χ1n) is 10.7. The Bertz CT molecular complexity index is 771. The summed E-state index contributed by atoms with van der Waals surface area (Å²) in [4.78, 5) is 11.7. The average Bonchev–Trinajstić information content (AvgIpc) is 2.77. The summed E-state index contributed by atoms with van der Waals surface area (Å²) in [5, 5.41) is 11.1. The second kappa shape index (κ2) is 9.93. The van der Waals surface area contributed by atoms with E-state index in [0.29, 0.717) is 25.7 Å². The Kier molecular flexibility index (Phi) is 7.32. The molecule has 1 N–H and O–H groups in total. The van der Waals surface area contributed by atoms with E-state index in [1.807, 2.05) is 24.3 Å². The van der Waals surface area contributed by atoms with Crippen molar-refractivity contribution in [1.82, 2.24) is 0 Å². The lowest BCUT2D eigenvalue weighted by Gasteiger charge is -2.35. The minimum Gasteiger partial charge on any atom is -0.494 e. The van der Waals surface area contributed by atoms with Gasteiger partial charge in [-0.3, -0.25) is 4.79 Å². The predicted octanol–water partition coefficient (Wildman–Crippen LogP) is 5.47. The normalized spacial score (nSPS) is 21.6. The third kappa shape index (κ3) is 5.39. The molecule has 1 fully saturated rings. The lowest BCUT2D eigenvalue weighted by molar-refractivity contribution is -0.148. The molecular weight excluding hydrogens is 364 g/mol. The van der Waals surface area contributed by atoms with Crippen LogP contribution in [0, 0.1) is 5.92 Å². The maximum atomic E-state index is 11.7. The first kappa shape index (κ1) is 21.4. The van der Waals surface area contributed by atoms with Crippen molar-refractivity contribution >= 4 is 5.97 Å². The summed E-state index contributed by atoms with van der Waals surface area (Å²) < 4.78 is 10.6. The SMILES string of the molecule is CCCCCOc1ccc(-c2ccc(C3(O)CCC(C(=O)OC)CC3)cc2)cc1. The lowest BCUT2D eigenvalue weighted by Crippen LogP contribution is -2.34. The van der Waals surface area contributed by atoms with E-state index in [2.05, 4.69) is 31.2 Å². The molecule has 0 spiro atoms. The van der Waals surface area contributed by atoms with Crippen LogP contribution in [-0.2, 0) is 15.1 Å². The molecule has 0 bridgehead atoms. The molecule has 0 aliphatic heterocycles. The fraction of sp³-hybridized carbons (Fsp3) is 0.480. The van der Waals surface area contributed by atoms with Gasteiger partial charge in [-0.2, -0.15) is 0 Å². The van der Waals surface area contributed by atoms with Gasteiger partial charge in [0.25, 0.3) is 0 Å². The Balaban J connectivity index is 1.61. The topological polar surface area (TPSA) is 55.8 Å². The van der Waals surface area contributed by atoms with Crippen LogP contribution in [0.25, 0.3) is 11.1 Å². The van der Waals surface area contributed by atoms with Crippen molar-refractivity contribution in [2.24, 2.45) is 5.92 Å². The maximum Gasteiger partial charge on any atom is 0.308 e. The van der Waals surface area contributed by atoms with Crippen LogP contribution in [0.1, 0.15) is 57.4 Å². The Morgan fingerprint density at radius 3 is 2.14 bits per heavy atom. The predicted molar refractivity (Wildman–Crippen MR) is 115 cm³/mol. The summed E-state index contributed by atoms with van der Waals surface area (Å²) in [6.07, 6.45) is 5.95. The number of rotatable bonds is 8. The van der Waals surface area contributed by atoms with Crippen LogP contribution in [0.5, 0.6) is 5.75 Å². The molecule has 1 aliphatic carbocycles. The third-order valence-corrected chi connectivity index (χ3v) is 5.97. The number of esters is 1. The van der Waals surface area contributed by atoms with E-state index in [1.54, 1.807) is 0 Å². The van der Waals surface area contributed by atoms with E-state index in [4.69, 9.17) is 9.47 Å². The molecule has 156 valence electrons. The van der Waals surface area contributed by atoms with Gasteiger partial charge in [0.15, 0.2) is 0 Å². The molecule has 2 aromatic carbocycles. The Morgan fingerprint density at radius 1 is 1.00 bits per heavy atom. The van der Waals surface area contributed by atoms with Crippen molar-refractivity contribution in [2.45, 2.75) is 57.5 Å². The van der Waals surface area contributed by atoms with Gasteiger partial charge in [-0.05, 0) is 60.9 Å². The van der Waals surface area contributed by atoms with Gasteiger partial charge in [0.05, 0.1) is 25.2 Å². The molecule has 2 aromatic rings. The fourth-order valence-corrected chi connectivity index (χ4v) is 4.05. The summed E-state index contributed by atoms with van der Waals surface area (Å²) in [5.41, 5.74) is 2.29. The van der Waals surface area contributed by atoms with E-state index < -0.39 is 5.60 Å². The Hall–Kier alpha value is -2.33. The van der Waals surface area contributed by atoms with Gasteiger partial charge in [0.2, 0.25) is 0 Å². The van der Waals surface area contributed by atoms with E-state index in [0.717, 1.165) is 35.5 Å². The van der Waals surface area contributed by atoms with Gasteiger partial charge in [-0.1, -0.05) is 56.2 Å². The fourth-order valence-electron chi connectivity index (χ4n) is 4.05. The van der Waals surface area contributed by atoms with Gasteiger partial charge in [-0.15, -0.1) is 0 Å². The van der Waals surface area contributed by atoms with Crippen LogP contribution in [0.15, 0.2) is 48.5 Å². The molecule has 0 radical (unpaired) electrons. The molecule has 0 unspecified atom stereocenters. The number of unbranched alkanes of at least 4 members (excludes halogenated alkanes) is 2.